The van der Waals surface area contributed by atoms with Gasteiger partial charge in [0.05, 0.1) is 0 Å². The number of halogens is 1. The molecule has 0 aromatic heterocycles. The van der Waals surface area contributed by atoms with Crippen molar-refractivity contribution >= 4 is 21.9 Å². The van der Waals surface area contributed by atoms with Crippen LogP contribution in [-0.2, 0) is 4.79 Å². The highest BCUT2D eigenvalue weighted by Gasteiger charge is 2.33. The van der Waals surface area contributed by atoms with Crippen LogP contribution >= 0.6 is 15.9 Å². The van der Waals surface area contributed by atoms with Crippen LogP contribution in [0.3, 0.4) is 0 Å². The third kappa shape index (κ3) is 3.52. The van der Waals surface area contributed by atoms with Gasteiger partial charge >= 0.3 is 5.97 Å². The number of aliphatic carboxylic acids is 1. The van der Waals surface area contributed by atoms with Crippen molar-refractivity contribution in [1.29, 1.82) is 0 Å². The molecule has 1 aromatic rings. The molecule has 0 amide bonds. The summed E-state index contributed by atoms with van der Waals surface area (Å²) in [6.07, 6.45) is -0.853. The lowest BCUT2D eigenvalue weighted by molar-refractivity contribution is -0.150. The van der Waals surface area contributed by atoms with E-state index in [0.717, 1.165) is 4.47 Å². The van der Waals surface area contributed by atoms with Crippen LogP contribution in [0.25, 0.3) is 0 Å². The van der Waals surface area contributed by atoms with Gasteiger partial charge in [0.25, 0.3) is 0 Å². The lowest BCUT2D eigenvalue weighted by atomic mass is 9.89. The van der Waals surface area contributed by atoms with Gasteiger partial charge in [0.15, 0.2) is 6.10 Å². The first-order chi connectivity index (χ1) is 7.30. The van der Waals surface area contributed by atoms with E-state index in [2.05, 4.69) is 15.9 Å². The molecule has 1 rings (SSSR count). The van der Waals surface area contributed by atoms with Crippen molar-refractivity contribution in [3.8, 4) is 5.75 Å². The Kier molecular flexibility index (Phi) is 3.97. The molecule has 0 saturated carbocycles. The first-order valence-corrected chi connectivity index (χ1v) is 5.75. The van der Waals surface area contributed by atoms with Crippen LogP contribution in [0.5, 0.6) is 5.75 Å². The quantitative estimate of drug-likeness (QED) is 0.927. The smallest absolute Gasteiger partial charge is 0.345 e. The van der Waals surface area contributed by atoms with E-state index in [1.165, 1.54) is 0 Å². The standard InChI is InChI=1S/C12H15BrO3/c1-12(2,3)10(11(14)15)16-9-6-4-8(13)5-7-9/h4-7,10H,1-3H3,(H,14,15). The minimum absolute atomic E-state index is 0.446. The van der Waals surface area contributed by atoms with Gasteiger partial charge in [0, 0.05) is 9.89 Å². The molecule has 4 heteroatoms. The largest absolute Gasteiger partial charge is 0.478 e. The lowest BCUT2D eigenvalue weighted by Gasteiger charge is -2.27. The third-order valence-electron chi connectivity index (χ3n) is 2.08. The summed E-state index contributed by atoms with van der Waals surface area (Å²) < 4.78 is 6.41. The number of carbonyl (C=O) groups is 1. The first-order valence-electron chi connectivity index (χ1n) is 4.96. The molecule has 0 saturated heterocycles. The summed E-state index contributed by atoms with van der Waals surface area (Å²) in [5, 5.41) is 9.09. The molecule has 1 aromatic carbocycles. The van der Waals surface area contributed by atoms with Gasteiger partial charge in [-0.3, -0.25) is 0 Å². The van der Waals surface area contributed by atoms with Crippen LogP contribution < -0.4 is 4.74 Å². The second-order valence-corrected chi connectivity index (χ2v) is 5.57. The molecule has 0 bridgehead atoms. The third-order valence-corrected chi connectivity index (χ3v) is 2.61. The highest BCUT2D eigenvalue weighted by Crippen LogP contribution is 2.26. The van der Waals surface area contributed by atoms with Crippen LogP contribution in [0.2, 0.25) is 0 Å². The second-order valence-electron chi connectivity index (χ2n) is 4.66. The monoisotopic (exact) mass is 286 g/mol. The maximum absolute atomic E-state index is 11.1. The summed E-state index contributed by atoms with van der Waals surface area (Å²) >= 11 is 3.31. The summed E-state index contributed by atoms with van der Waals surface area (Å²) in [6, 6.07) is 7.12. The average Bonchev–Trinajstić information content (AvgIpc) is 2.14. The molecule has 0 aliphatic carbocycles. The molecular weight excluding hydrogens is 272 g/mol. The SMILES string of the molecule is CC(C)(C)C(Oc1ccc(Br)cc1)C(=O)O. The van der Waals surface area contributed by atoms with Crippen molar-refractivity contribution in [2.75, 3.05) is 0 Å². The fourth-order valence-electron chi connectivity index (χ4n) is 1.25. The van der Waals surface area contributed by atoms with Crippen LogP contribution in [-0.4, -0.2) is 17.2 Å². The van der Waals surface area contributed by atoms with Gasteiger partial charge in [0.1, 0.15) is 5.75 Å². The molecule has 1 unspecified atom stereocenters. The minimum atomic E-state index is -0.949. The predicted octanol–water partition coefficient (Wildman–Crippen LogP) is 3.33. The van der Waals surface area contributed by atoms with Gasteiger partial charge in [-0.15, -0.1) is 0 Å². The van der Waals surface area contributed by atoms with Gasteiger partial charge in [-0.25, -0.2) is 4.79 Å². The Morgan fingerprint density at radius 3 is 2.19 bits per heavy atom. The maximum atomic E-state index is 11.1. The van der Waals surface area contributed by atoms with E-state index in [1.54, 1.807) is 12.1 Å². The maximum Gasteiger partial charge on any atom is 0.345 e. The molecule has 0 heterocycles. The Balaban J connectivity index is 2.84. The van der Waals surface area contributed by atoms with E-state index in [4.69, 9.17) is 9.84 Å². The van der Waals surface area contributed by atoms with Crippen molar-refractivity contribution in [2.24, 2.45) is 5.41 Å². The average molecular weight is 287 g/mol. The van der Waals surface area contributed by atoms with E-state index in [-0.39, 0.29) is 0 Å². The molecule has 0 fully saturated rings. The van der Waals surface area contributed by atoms with Crippen molar-refractivity contribution in [3.05, 3.63) is 28.7 Å². The summed E-state index contributed by atoms with van der Waals surface area (Å²) in [7, 11) is 0. The number of carboxylic acid groups (broad SMARTS) is 1. The number of benzene rings is 1. The highest BCUT2D eigenvalue weighted by atomic mass is 79.9. The van der Waals surface area contributed by atoms with Crippen molar-refractivity contribution in [1.82, 2.24) is 0 Å². The molecule has 1 atom stereocenters. The Morgan fingerprint density at radius 2 is 1.81 bits per heavy atom. The predicted molar refractivity (Wildman–Crippen MR) is 65.6 cm³/mol. The zero-order valence-electron chi connectivity index (χ0n) is 9.53. The molecule has 16 heavy (non-hydrogen) atoms. The van der Waals surface area contributed by atoms with Crippen molar-refractivity contribution in [3.63, 3.8) is 0 Å². The van der Waals surface area contributed by atoms with Crippen molar-refractivity contribution in [2.45, 2.75) is 26.9 Å². The Hall–Kier alpha value is -1.03. The fourth-order valence-corrected chi connectivity index (χ4v) is 1.51. The molecule has 0 aliphatic heterocycles. The fraction of sp³-hybridized carbons (Fsp3) is 0.417. The van der Waals surface area contributed by atoms with Crippen LogP contribution in [0.15, 0.2) is 28.7 Å². The Labute approximate surface area is 104 Å². The van der Waals surface area contributed by atoms with E-state index in [1.807, 2.05) is 32.9 Å². The first kappa shape index (κ1) is 13.0. The number of hydrogen-bond donors (Lipinski definition) is 1. The van der Waals surface area contributed by atoms with E-state index < -0.39 is 17.5 Å². The van der Waals surface area contributed by atoms with Gasteiger partial charge in [-0.2, -0.15) is 0 Å². The zero-order valence-corrected chi connectivity index (χ0v) is 11.1. The Morgan fingerprint density at radius 1 is 1.31 bits per heavy atom. The van der Waals surface area contributed by atoms with Gasteiger partial charge in [0.2, 0.25) is 0 Å². The lowest BCUT2D eigenvalue weighted by Crippen LogP contribution is -2.39. The van der Waals surface area contributed by atoms with E-state index >= 15 is 0 Å². The second kappa shape index (κ2) is 4.87. The molecular formula is C12H15BrO3. The van der Waals surface area contributed by atoms with E-state index in [0.29, 0.717) is 5.75 Å². The zero-order chi connectivity index (χ0) is 12.3. The minimum Gasteiger partial charge on any atom is -0.478 e. The molecule has 0 radical (unpaired) electrons. The molecule has 3 nitrogen and oxygen atoms in total. The summed E-state index contributed by atoms with van der Waals surface area (Å²) in [4.78, 5) is 11.1. The topological polar surface area (TPSA) is 46.5 Å². The number of carboxylic acids is 1. The van der Waals surface area contributed by atoms with Crippen LogP contribution in [0.4, 0.5) is 0 Å². The van der Waals surface area contributed by atoms with Crippen LogP contribution in [0.1, 0.15) is 20.8 Å². The van der Waals surface area contributed by atoms with E-state index in [9.17, 15) is 4.79 Å². The molecule has 0 spiro atoms. The normalized spacial score (nSPS) is 13.2. The molecule has 88 valence electrons. The van der Waals surface area contributed by atoms with Gasteiger partial charge in [-0.1, -0.05) is 36.7 Å². The number of ether oxygens (including phenoxy) is 1. The van der Waals surface area contributed by atoms with Crippen molar-refractivity contribution < 1.29 is 14.6 Å². The number of hydrogen-bond acceptors (Lipinski definition) is 2. The molecule has 1 N–H and O–H groups in total. The Bertz CT molecular complexity index is 365. The summed E-state index contributed by atoms with van der Waals surface area (Å²) in [6.45, 7) is 5.51. The summed E-state index contributed by atoms with van der Waals surface area (Å²) in [5.74, 6) is -0.388. The highest BCUT2D eigenvalue weighted by molar-refractivity contribution is 9.10. The van der Waals surface area contributed by atoms with Gasteiger partial charge in [-0.05, 0) is 24.3 Å². The molecule has 0 aliphatic rings. The van der Waals surface area contributed by atoms with Gasteiger partial charge < -0.3 is 9.84 Å². The summed E-state index contributed by atoms with van der Waals surface area (Å²) in [5.41, 5.74) is -0.446. The van der Waals surface area contributed by atoms with Crippen LogP contribution in [0, 0.1) is 5.41 Å². The number of rotatable bonds is 3.